The van der Waals surface area contributed by atoms with Crippen LogP contribution in [0.3, 0.4) is 0 Å². The molecule has 0 aliphatic rings. The van der Waals surface area contributed by atoms with Crippen molar-refractivity contribution < 1.29 is 4.79 Å². The van der Waals surface area contributed by atoms with E-state index in [0.29, 0.717) is 17.0 Å². The molecule has 7 nitrogen and oxygen atoms in total. The van der Waals surface area contributed by atoms with Crippen LogP contribution in [0.5, 0.6) is 0 Å². The molecule has 1 amide bonds. The first-order valence-electron chi connectivity index (χ1n) is 10.3. The number of aryl methyl sites for hydroxylation is 2. The van der Waals surface area contributed by atoms with Gasteiger partial charge in [0.25, 0.3) is 5.56 Å². The van der Waals surface area contributed by atoms with E-state index >= 15 is 0 Å². The molecule has 0 saturated heterocycles. The number of imidazole rings is 1. The van der Waals surface area contributed by atoms with Gasteiger partial charge in [0.15, 0.2) is 0 Å². The Morgan fingerprint density at radius 1 is 0.938 bits per heavy atom. The molecule has 0 spiro atoms. The van der Waals surface area contributed by atoms with Crippen LogP contribution in [0, 0.1) is 13.8 Å². The highest BCUT2D eigenvalue weighted by molar-refractivity contribution is 5.94. The van der Waals surface area contributed by atoms with Crippen LogP contribution in [0.1, 0.15) is 11.1 Å². The zero-order chi connectivity index (χ0) is 22.2. The van der Waals surface area contributed by atoms with Crippen LogP contribution in [0.25, 0.3) is 28.1 Å². The summed E-state index contributed by atoms with van der Waals surface area (Å²) in [5.74, 6) is 0.233. The molecule has 1 N–H and O–H groups in total. The van der Waals surface area contributed by atoms with Gasteiger partial charge in [0.05, 0.1) is 16.7 Å². The number of anilines is 1. The van der Waals surface area contributed by atoms with Gasteiger partial charge in [0.1, 0.15) is 6.54 Å². The van der Waals surface area contributed by atoms with Crippen LogP contribution in [-0.2, 0) is 11.3 Å². The van der Waals surface area contributed by atoms with Crippen molar-refractivity contribution in [2.45, 2.75) is 20.4 Å². The van der Waals surface area contributed by atoms with Gasteiger partial charge in [-0.2, -0.15) is 0 Å². The van der Waals surface area contributed by atoms with Crippen LogP contribution < -0.4 is 10.9 Å². The van der Waals surface area contributed by atoms with Crippen molar-refractivity contribution in [1.82, 2.24) is 18.9 Å². The van der Waals surface area contributed by atoms with Crippen molar-refractivity contribution >= 4 is 28.4 Å². The standard InChI is InChI=1S/C25H21N5O2/c1-16-6-5-7-17(2)24(16)28-22(31)15-29-20-8-3-4-9-21(20)30-23(32)14-19(27-25(29)30)18-10-12-26-13-11-18/h3-14H,15H2,1-2H3,(H,28,31). The molecule has 32 heavy (non-hydrogen) atoms. The molecule has 0 aliphatic carbocycles. The molecule has 0 fully saturated rings. The molecule has 3 aromatic heterocycles. The minimum atomic E-state index is -0.202. The summed E-state index contributed by atoms with van der Waals surface area (Å²) in [7, 11) is 0. The number of pyridine rings is 1. The van der Waals surface area contributed by atoms with Crippen molar-refractivity contribution in [2.24, 2.45) is 0 Å². The normalized spacial score (nSPS) is 11.2. The number of para-hydroxylation sites is 3. The smallest absolute Gasteiger partial charge is 0.260 e. The van der Waals surface area contributed by atoms with Gasteiger partial charge in [-0.15, -0.1) is 0 Å². The highest BCUT2D eigenvalue weighted by Crippen LogP contribution is 2.23. The summed E-state index contributed by atoms with van der Waals surface area (Å²) in [4.78, 5) is 34.9. The van der Waals surface area contributed by atoms with E-state index in [4.69, 9.17) is 4.98 Å². The monoisotopic (exact) mass is 423 g/mol. The van der Waals surface area contributed by atoms with Gasteiger partial charge in [-0.25, -0.2) is 9.38 Å². The van der Waals surface area contributed by atoms with Crippen LogP contribution in [-0.4, -0.2) is 24.8 Å². The van der Waals surface area contributed by atoms with E-state index in [-0.39, 0.29) is 18.0 Å². The third kappa shape index (κ3) is 3.33. The van der Waals surface area contributed by atoms with E-state index in [9.17, 15) is 9.59 Å². The van der Waals surface area contributed by atoms with E-state index in [1.807, 2.05) is 56.3 Å². The zero-order valence-electron chi connectivity index (χ0n) is 17.7. The van der Waals surface area contributed by atoms with Gasteiger partial charge in [-0.3, -0.25) is 14.6 Å². The van der Waals surface area contributed by atoms with Crippen LogP contribution in [0.2, 0.25) is 0 Å². The number of rotatable bonds is 4. The number of nitrogens with one attached hydrogen (secondary N) is 1. The summed E-state index contributed by atoms with van der Waals surface area (Å²) in [6.45, 7) is 3.95. The average Bonchev–Trinajstić information content (AvgIpc) is 3.11. The van der Waals surface area contributed by atoms with Crippen LogP contribution >= 0.6 is 0 Å². The first-order chi connectivity index (χ1) is 15.5. The molecule has 5 aromatic rings. The number of hydrogen-bond acceptors (Lipinski definition) is 4. The molecule has 0 bridgehead atoms. The number of carbonyl (C=O) groups is 1. The van der Waals surface area contributed by atoms with Gasteiger partial charge < -0.3 is 9.88 Å². The Hall–Kier alpha value is -4.26. The zero-order valence-corrected chi connectivity index (χ0v) is 17.7. The Morgan fingerprint density at radius 3 is 2.34 bits per heavy atom. The highest BCUT2D eigenvalue weighted by Gasteiger charge is 2.18. The average molecular weight is 423 g/mol. The maximum absolute atomic E-state index is 13.1. The lowest BCUT2D eigenvalue weighted by atomic mass is 10.1. The molecule has 7 heteroatoms. The molecule has 0 saturated carbocycles. The van der Waals surface area contributed by atoms with E-state index in [2.05, 4.69) is 10.3 Å². The fourth-order valence-corrected chi connectivity index (χ4v) is 4.03. The molecular weight excluding hydrogens is 402 g/mol. The molecule has 0 unspecified atom stereocenters. The van der Waals surface area contributed by atoms with E-state index in [0.717, 1.165) is 27.9 Å². The number of carbonyl (C=O) groups excluding carboxylic acids is 1. The molecule has 0 radical (unpaired) electrons. The summed E-state index contributed by atoms with van der Waals surface area (Å²) in [5.41, 5.74) is 5.40. The van der Waals surface area contributed by atoms with E-state index in [1.165, 1.54) is 6.07 Å². The predicted molar refractivity (Wildman–Crippen MR) is 125 cm³/mol. The lowest BCUT2D eigenvalue weighted by Crippen LogP contribution is -2.21. The minimum Gasteiger partial charge on any atom is -0.324 e. The quantitative estimate of drug-likeness (QED) is 0.474. The number of fused-ring (bicyclic) bond motifs is 3. The molecule has 158 valence electrons. The summed E-state index contributed by atoms with van der Waals surface area (Å²) in [6, 6.07) is 18.5. The third-order valence-electron chi connectivity index (χ3n) is 5.58. The summed E-state index contributed by atoms with van der Waals surface area (Å²) < 4.78 is 3.33. The van der Waals surface area contributed by atoms with Gasteiger partial charge in [0.2, 0.25) is 11.7 Å². The van der Waals surface area contributed by atoms with Crippen molar-refractivity contribution in [3.63, 3.8) is 0 Å². The Labute approximate surface area is 184 Å². The van der Waals surface area contributed by atoms with Gasteiger partial charge in [-0.05, 0) is 49.2 Å². The molecule has 5 rings (SSSR count). The number of aromatic nitrogens is 4. The van der Waals surface area contributed by atoms with Crippen LogP contribution in [0.4, 0.5) is 5.69 Å². The summed E-state index contributed by atoms with van der Waals surface area (Å²) >= 11 is 0. The van der Waals surface area contributed by atoms with Gasteiger partial charge in [0, 0.05) is 29.7 Å². The van der Waals surface area contributed by atoms with Crippen molar-refractivity contribution in [2.75, 3.05) is 5.32 Å². The Balaban J connectivity index is 1.65. The molecule has 0 atom stereocenters. The second kappa shape index (κ2) is 7.77. The Morgan fingerprint density at radius 2 is 1.62 bits per heavy atom. The van der Waals surface area contributed by atoms with Crippen LogP contribution in [0.15, 0.2) is 77.9 Å². The maximum atomic E-state index is 13.1. The fraction of sp³-hybridized carbons (Fsp3) is 0.120. The van der Waals surface area contributed by atoms with Crippen molar-refractivity contribution in [1.29, 1.82) is 0 Å². The lowest BCUT2D eigenvalue weighted by molar-refractivity contribution is -0.116. The topological polar surface area (TPSA) is 81.3 Å². The maximum Gasteiger partial charge on any atom is 0.260 e. The SMILES string of the molecule is Cc1cccc(C)c1NC(=O)Cn1c2ccccc2n2c(=O)cc(-c3ccncc3)nc12. The first-order valence-corrected chi connectivity index (χ1v) is 10.3. The van der Waals surface area contributed by atoms with Crippen molar-refractivity contribution in [3.05, 3.63) is 94.5 Å². The predicted octanol–water partition coefficient (Wildman–Crippen LogP) is 3.97. The molecule has 0 aliphatic heterocycles. The summed E-state index contributed by atoms with van der Waals surface area (Å²) in [6.07, 6.45) is 3.32. The lowest BCUT2D eigenvalue weighted by Gasteiger charge is -2.12. The molecule has 2 aromatic carbocycles. The Bertz CT molecular complexity index is 1510. The molecular formula is C25H21N5O2. The highest BCUT2D eigenvalue weighted by atomic mass is 16.2. The van der Waals surface area contributed by atoms with E-state index in [1.54, 1.807) is 33.5 Å². The van der Waals surface area contributed by atoms with E-state index < -0.39 is 0 Å². The number of benzene rings is 2. The number of hydrogen-bond donors (Lipinski definition) is 1. The minimum absolute atomic E-state index is 0.0248. The number of amides is 1. The van der Waals surface area contributed by atoms with Crippen molar-refractivity contribution in [3.8, 4) is 11.3 Å². The Kier molecular flexibility index (Phi) is 4.78. The second-order valence-electron chi connectivity index (χ2n) is 7.74. The third-order valence-corrected chi connectivity index (χ3v) is 5.58. The molecule has 3 heterocycles. The fourth-order valence-electron chi connectivity index (χ4n) is 4.03. The summed E-state index contributed by atoms with van der Waals surface area (Å²) in [5, 5.41) is 3.02. The number of nitrogens with zero attached hydrogens (tertiary/aromatic N) is 4. The first kappa shape index (κ1) is 19.7. The van der Waals surface area contributed by atoms with Gasteiger partial charge >= 0.3 is 0 Å². The second-order valence-corrected chi connectivity index (χ2v) is 7.74. The largest absolute Gasteiger partial charge is 0.324 e. The van der Waals surface area contributed by atoms with Gasteiger partial charge in [-0.1, -0.05) is 30.3 Å².